The average molecular weight is 259 g/mol. The van der Waals surface area contributed by atoms with Crippen LogP contribution in [0.4, 0.5) is 0 Å². The summed E-state index contributed by atoms with van der Waals surface area (Å²) in [5.74, 6) is 0.295. The van der Waals surface area contributed by atoms with E-state index in [0.29, 0.717) is 25.0 Å². The largest absolute Gasteiger partial charge is 0.364 e. The lowest BCUT2D eigenvalue weighted by Gasteiger charge is -2.30. The zero-order valence-electron chi connectivity index (χ0n) is 12.0. The third kappa shape index (κ3) is 3.69. The van der Waals surface area contributed by atoms with Gasteiger partial charge in [0.05, 0.1) is 5.41 Å². The van der Waals surface area contributed by atoms with Gasteiger partial charge in [0.15, 0.2) is 0 Å². The minimum Gasteiger partial charge on any atom is -0.364 e. The van der Waals surface area contributed by atoms with Crippen LogP contribution in [0.3, 0.4) is 0 Å². The number of allylic oxidation sites excluding steroid dienone is 2. The van der Waals surface area contributed by atoms with Gasteiger partial charge in [-0.05, 0) is 31.4 Å². The second-order valence-corrected chi connectivity index (χ2v) is 5.03. The minimum absolute atomic E-state index is 0.295. The number of carbonyl (C=O) groups excluding carboxylic acids is 1. The first-order valence-corrected chi connectivity index (χ1v) is 7.10. The van der Waals surface area contributed by atoms with Crippen LogP contribution in [0.25, 0.3) is 0 Å². The van der Waals surface area contributed by atoms with Crippen molar-refractivity contribution in [3.05, 3.63) is 49.3 Å². The summed E-state index contributed by atoms with van der Waals surface area (Å²) in [5.41, 5.74) is 0.481. The molecular formula is C17H25NO. The standard InChI is InChI=1S/C17H25NO/c1-4-7-8-11-16(19)17(12-5-2,13-6-3)15-10-9-14-18-15/h5-6,9-10,14,18H,2-4,7-8,11-13H2,1H3. The molecule has 1 N–H and O–H groups in total. The van der Waals surface area contributed by atoms with E-state index in [1.165, 1.54) is 0 Å². The van der Waals surface area contributed by atoms with E-state index in [0.717, 1.165) is 25.0 Å². The number of nitrogens with one attached hydrogen (secondary N) is 1. The molecule has 0 atom stereocenters. The summed E-state index contributed by atoms with van der Waals surface area (Å²) in [6.07, 6.45) is 10.7. The Morgan fingerprint density at radius 3 is 2.47 bits per heavy atom. The Labute approximate surface area is 116 Å². The molecule has 0 saturated carbocycles. The van der Waals surface area contributed by atoms with E-state index < -0.39 is 5.41 Å². The number of H-pyrrole nitrogens is 1. The van der Waals surface area contributed by atoms with Crippen molar-refractivity contribution in [1.29, 1.82) is 0 Å². The Kier molecular flexibility index (Phi) is 6.34. The molecule has 0 unspecified atom stereocenters. The molecule has 104 valence electrons. The van der Waals surface area contributed by atoms with Crippen molar-refractivity contribution in [2.45, 2.75) is 50.9 Å². The number of unbranched alkanes of at least 4 members (excludes halogenated alkanes) is 2. The summed E-state index contributed by atoms with van der Waals surface area (Å²) in [6.45, 7) is 9.78. The lowest BCUT2D eigenvalue weighted by atomic mass is 9.73. The number of Topliss-reactive ketones (excluding diaryl/α,β-unsaturated/α-hetero) is 1. The maximum atomic E-state index is 12.7. The van der Waals surface area contributed by atoms with Crippen molar-refractivity contribution in [2.24, 2.45) is 0 Å². The number of ketones is 1. The van der Waals surface area contributed by atoms with Gasteiger partial charge >= 0.3 is 0 Å². The van der Waals surface area contributed by atoms with E-state index in [-0.39, 0.29) is 0 Å². The highest BCUT2D eigenvalue weighted by Gasteiger charge is 2.37. The van der Waals surface area contributed by atoms with Crippen LogP contribution in [-0.4, -0.2) is 10.8 Å². The summed E-state index contributed by atoms with van der Waals surface area (Å²) in [7, 11) is 0. The van der Waals surface area contributed by atoms with Crippen LogP contribution >= 0.6 is 0 Å². The highest BCUT2D eigenvalue weighted by molar-refractivity contribution is 5.90. The van der Waals surface area contributed by atoms with Crippen molar-refractivity contribution in [3.63, 3.8) is 0 Å². The molecule has 0 bridgehead atoms. The van der Waals surface area contributed by atoms with Crippen LogP contribution in [0.2, 0.25) is 0 Å². The average Bonchev–Trinajstić information content (AvgIpc) is 2.92. The number of aromatic nitrogens is 1. The Morgan fingerprint density at radius 1 is 1.32 bits per heavy atom. The molecule has 1 rings (SSSR count). The van der Waals surface area contributed by atoms with Crippen LogP contribution < -0.4 is 0 Å². The highest BCUT2D eigenvalue weighted by atomic mass is 16.1. The molecule has 0 aromatic carbocycles. The predicted molar refractivity (Wildman–Crippen MR) is 81.2 cm³/mol. The van der Waals surface area contributed by atoms with E-state index >= 15 is 0 Å². The summed E-state index contributed by atoms with van der Waals surface area (Å²) in [4.78, 5) is 15.9. The summed E-state index contributed by atoms with van der Waals surface area (Å²) < 4.78 is 0. The Hall–Kier alpha value is -1.57. The molecule has 0 spiro atoms. The smallest absolute Gasteiger partial charge is 0.145 e. The Balaban J connectivity index is 2.98. The van der Waals surface area contributed by atoms with Gasteiger partial charge in [-0.25, -0.2) is 0 Å². The van der Waals surface area contributed by atoms with E-state index in [2.05, 4.69) is 25.1 Å². The number of rotatable bonds is 10. The first-order valence-electron chi connectivity index (χ1n) is 7.10. The monoisotopic (exact) mass is 259 g/mol. The van der Waals surface area contributed by atoms with Gasteiger partial charge in [-0.15, -0.1) is 13.2 Å². The number of aromatic amines is 1. The number of hydrogen-bond acceptors (Lipinski definition) is 1. The highest BCUT2D eigenvalue weighted by Crippen LogP contribution is 2.34. The molecular weight excluding hydrogens is 234 g/mol. The molecule has 0 aliphatic rings. The summed E-state index contributed by atoms with van der Waals surface area (Å²) >= 11 is 0. The van der Waals surface area contributed by atoms with Gasteiger partial charge in [0.2, 0.25) is 0 Å². The molecule has 0 aliphatic carbocycles. The predicted octanol–water partition coefficient (Wildman–Crippen LogP) is 4.55. The fourth-order valence-corrected chi connectivity index (χ4v) is 2.58. The van der Waals surface area contributed by atoms with Gasteiger partial charge in [0.1, 0.15) is 5.78 Å². The van der Waals surface area contributed by atoms with Crippen molar-refractivity contribution < 1.29 is 4.79 Å². The van der Waals surface area contributed by atoms with E-state index in [9.17, 15) is 4.79 Å². The van der Waals surface area contributed by atoms with Crippen molar-refractivity contribution in [3.8, 4) is 0 Å². The quantitative estimate of drug-likeness (QED) is 0.485. The number of carbonyl (C=O) groups is 1. The molecule has 2 nitrogen and oxygen atoms in total. The second-order valence-electron chi connectivity index (χ2n) is 5.03. The molecule has 2 heteroatoms. The molecule has 0 fully saturated rings. The zero-order chi connectivity index (χ0) is 14.1. The molecule has 0 radical (unpaired) electrons. The van der Waals surface area contributed by atoms with Gasteiger partial charge in [-0.3, -0.25) is 4.79 Å². The molecule has 0 saturated heterocycles. The summed E-state index contributed by atoms with van der Waals surface area (Å²) in [5, 5.41) is 0. The third-order valence-electron chi connectivity index (χ3n) is 3.64. The lowest BCUT2D eigenvalue weighted by Crippen LogP contribution is -2.35. The van der Waals surface area contributed by atoms with Gasteiger partial charge in [0.25, 0.3) is 0 Å². The first kappa shape index (κ1) is 15.5. The van der Waals surface area contributed by atoms with Crippen molar-refractivity contribution >= 4 is 5.78 Å². The maximum Gasteiger partial charge on any atom is 0.145 e. The first-order chi connectivity index (χ1) is 9.21. The third-order valence-corrected chi connectivity index (χ3v) is 3.64. The van der Waals surface area contributed by atoms with Crippen LogP contribution in [0, 0.1) is 0 Å². The maximum absolute atomic E-state index is 12.7. The number of hydrogen-bond donors (Lipinski definition) is 1. The van der Waals surface area contributed by atoms with Gasteiger partial charge in [-0.2, -0.15) is 0 Å². The van der Waals surface area contributed by atoms with E-state index in [4.69, 9.17) is 0 Å². The van der Waals surface area contributed by atoms with Crippen LogP contribution in [-0.2, 0) is 10.2 Å². The summed E-state index contributed by atoms with van der Waals surface area (Å²) in [6, 6.07) is 3.93. The molecule has 1 aromatic rings. The second kappa shape index (κ2) is 7.78. The van der Waals surface area contributed by atoms with Crippen LogP contribution in [0.15, 0.2) is 43.6 Å². The Morgan fingerprint density at radius 2 is 2.00 bits per heavy atom. The fourth-order valence-electron chi connectivity index (χ4n) is 2.58. The molecule has 1 aromatic heterocycles. The van der Waals surface area contributed by atoms with Crippen molar-refractivity contribution in [2.75, 3.05) is 0 Å². The SMILES string of the molecule is C=CCC(CC=C)(C(=O)CCCCC)c1ccc[nH]1. The zero-order valence-corrected chi connectivity index (χ0v) is 12.0. The Bertz CT molecular complexity index is 393. The normalized spacial score (nSPS) is 11.2. The minimum atomic E-state index is -0.499. The molecule has 1 heterocycles. The van der Waals surface area contributed by atoms with Crippen LogP contribution in [0.5, 0.6) is 0 Å². The van der Waals surface area contributed by atoms with Gasteiger partial charge < -0.3 is 4.98 Å². The fraction of sp³-hybridized carbons (Fsp3) is 0.471. The lowest BCUT2D eigenvalue weighted by molar-refractivity contribution is -0.124. The molecule has 19 heavy (non-hydrogen) atoms. The van der Waals surface area contributed by atoms with Gasteiger partial charge in [0, 0.05) is 18.3 Å². The van der Waals surface area contributed by atoms with Gasteiger partial charge in [-0.1, -0.05) is 31.9 Å². The van der Waals surface area contributed by atoms with E-state index in [1.807, 2.05) is 30.5 Å². The molecule has 0 amide bonds. The topological polar surface area (TPSA) is 32.9 Å². The van der Waals surface area contributed by atoms with E-state index in [1.54, 1.807) is 0 Å². The van der Waals surface area contributed by atoms with Crippen LogP contribution in [0.1, 0.15) is 51.1 Å². The molecule has 0 aliphatic heterocycles. The van der Waals surface area contributed by atoms with Crippen molar-refractivity contribution in [1.82, 2.24) is 4.98 Å².